The van der Waals surface area contributed by atoms with Crippen molar-refractivity contribution in [1.82, 2.24) is 4.98 Å². The van der Waals surface area contributed by atoms with Crippen LogP contribution in [0, 0.1) is 18.3 Å². The summed E-state index contributed by atoms with van der Waals surface area (Å²) in [6, 6.07) is 7.87. The van der Waals surface area contributed by atoms with Crippen LogP contribution in [0.15, 0.2) is 22.7 Å². The molecular weight excluding hydrogens is 300 g/mol. The van der Waals surface area contributed by atoms with Gasteiger partial charge in [0.05, 0.1) is 18.4 Å². The minimum Gasteiger partial charge on any atom is -0.496 e. The van der Waals surface area contributed by atoms with Crippen molar-refractivity contribution < 1.29 is 4.74 Å². The zero-order chi connectivity index (χ0) is 12.4. The van der Waals surface area contributed by atoms with Gasteiger partial charge in [0.15, 0.2) is 0 Å². The van der Waals surface area contributed by atoms with Crippen LogP contribution in [0.1, 0.15) is 10.6 Å². The van der Waals surface area contributed by atoms with Gasteiger partial charge in [0, 0.05) is 4.47 Å². The molecule has 0 saturated heterocycles. The van der Waals surface area contributed by atoms with Crippen LogP contribution in [-0.4, -0.2) is 12.1 Å². The van der Waals surface area contributed by atoms with Gasteiger partial charge in [0.2, 0.25) is 0 Å². The number of halogens is 1. The topological polar surface area (TPSA) is 45.9 Å². The van der Waals surface area contributed by atoms with E-state index >= 15 is 0 Å². The Balaban J connectivity index is 2.59. The van der Waals surface area contributed by atoms with Crippen molar-refractivity contribution in [1.29, 1.82) is 5.26 Å². The first-order chi connectivity index (χ1) is 8.15. The van der Waals surface area contributed by atoms with E-state index in [0.29, 0.717) is 4.88 Å². The van der Waals surface area contributed by atoms with E-state index in [9.17, 15) is 0 Å². The molecule has 0 fully saturated rings. The summed E-state index contributed by atoms with van der Waals surface area (Å²) in [5.41, 5.74) is 1.66. The minimum atomic E-state index is 0.641. The third-order valence-corrected chi connectivity index (χ3v) is 3.88. The molecule has 3 nitrogen and oxygen atoms in total. The summed E-state index contributed by atoms with van der Waals surface area (Å²) in [7, 11) is 1.62. The average molecular weight is 309 g/mol. The molecule has 2 aromatic rings. The number of hydrogen-bond donors (Lipinski definition) is 0. The first kappa shape index (κ1) is 12.1. The summed E-state index contributed by atoms with van der Waals surface area (Å²) < 4.78 is 6.26. The second kappa shape index (κ2) is 4.86. The molecule has 0 aliphatic heterocycles. The van der Waals surface area contributed by atoms with Crippen molar-refractivity contribution in [3.8, 4) is 22.4 Å². The molecule has 2 rings (SSSR count). The van der Waals surface area contributed by atoms with E-state index in [-0.39, 0.29) is 0 Å². The lowest BCUT2D eigenvalue weighted by atomic mass is 10.2. The Morgan fingerprint density at radius 3 is 2.82 bits per heavy atom. The van der Waals surface area contributed by atoms with Gasteiger partial charge in [-0.2, -0.15) is 5.26 Å². The Bertz CT molecular complexity index is 601. The molecule has 0 aliphatic carbocycles. The van der Waals surface area contributed by atoms with Crippen LogP contribution in [0.5, 0.6) is 5.75 Å². The molecule has 0 bridgehead atoms. The van der Waals surface area contributed by atoms with E-state index < -0.39 is 0 Å². The van der Waals surface area contributed by atoms with Crippen molar-refractivity contribution in [2.24, 2.45) is 0 Å². The first-order valence-electron chi connectivity index (χ1n) is 4.87. The second-order valence-electron chi connectivity index (χ2n) is 3.39. The highest BCUT2D eigenvalue weighted by molar-refractivity contribution is 9.10. The highest BCUT2D eigenvalue weighted by Gasteiger charge is 2.13. The number of benzene rings is 1. The maximum Gasteiger partial charge on any atom is 0.129 e. The number of thiazole rings is 1. The number of rotatable bonds is 2. The fourth-order valence-corrected chi connectivity index (χ4v) is 2.71. The van der Waals surface area contributed by atoms with Gasteiger partial charge in [-0.05, 0) is 25.1 Å². The number of methoxy groups -OCH3 is 1. The molecule has 1 aromatic heterocycles. The van der Waals surface area contributed by atoms with Crippen LogP contribution in [-0.2, 0) is 0 Å². The summed E-state index contributed by atoms with van der Waals surface area (Å²) in [5.74, 6) is 0.756. The molecular formula is C12H9BrN2OS. The van der Waals surface area contributed by atoms with Crippen LogP contribution >= 0.6 is 27.3 Å². The van der Waals surface area contributed by atoms with E-state index in [2.05, 4.69) is 27.0 Å². The summed E-state index contributed by atoms with van der Waals surface area (Å²) >= 11 is 4.80. The normalized spacial score (nSPS) is 10.0. The van der Waals surface area contributed by atoms with Crippen LogP contribution in [0.25, 0.3) is 10.6 Å². The molecule has 17 heavy (non-hydrogen) atoms. The van der Waals surface area contributed by atoms with Gasteiger partial charge in [-0.1, -0.05) is 15.9 Å². The fraction of sp³-hybridized carbons (Fsp3) is 0.167. The molecule has 5 heteroatoms. The summed E-state index contributed by atoms with van der Waals surface area (Å²) in [6.45, 7) is 1.84. The highest BCUT2D eigenvalue weighted by atomic mass is 79.9. The average Bonchev–Trinajstić information content (AvgIpc) is 2.70. The third-order valence-electron chi connectivity index (χ3n) is 2.29. The lowest BCUT2D eigenvalue weighted by molar-refractivity contribution is 0.416. The Morgan fingerprint density at radius 2 is 2.24 bits per heavy atom. The van der Waals surface area contributed by atoms with E-state index in [1.165, 1.54) is 11.3 Å². The van der Waals surface area contributed by atoms with Crippen molar-refractivity contribution in [2.75, 3.05) is 7.11 Å². The minimum absolute atomic E-state index is 0.641. The van der Waals surface area contributed by atoms with Gasteiger partial charge in [-0.3, -0.25) is 0 Å². The van der Waals surface area contributed by atoms with Gasteiger partial charge in [-0.25, -0.2) is 4.98 Å². The maximum atomic E-state index is 8.94. The summed E-state index contributed by atoms with van der Waals surface area (Å²) in [5, 5.41) is 9.74. The van der Waals surface area contributed by atoms with Crippen LogP contribution in [0.4, 0.5) is 0 Å². The molecule has 0 aliphatic rings. The highest BCUT2D eigenvalue weighted by Crippen LogP contribution is 2.35. The molecule has 0 unspecified atom stereocenters. The van der Waals surface area contributed by atoms with Crippen molar-refractivity contribution in [3.63, 3.8) is 0 Å². The number of aryl methyl sites for hydroxylation is 1. The van der Waals surface area contributed by atoms with Gasteiger partial charge in [0.25, 0.3) is 0 Å². The van der Waals surface area contributed by atoms with E-state index in [0.717, 1.165) is 26.5 Å². The Hall–Kier alpha value is -1.38. The zero-order valence-corrected chi connectivity index (χ0v) is 11.7. The predicted molar refractivity (Wildman–Crippen MR) is 71.3 cm³/mol. The molecule has 0 radical (unpaired) electrons. The molecule has 0 amide bonds. The van der Waals surface area contributed by atoms with Crippen molar-refractivity contribution >= 4 is 27.3 Å². The number of hydrogen-bond acceptors (Lipinski definition) is 4. The molecule has 0 spiro atoms. The van der Waals surface area contributed by atoms with Gasteiger partial charge >= 0.3 is 0 Å². The quantitative estimate of drug-likeness (QED) is 0.848. The van der Waals surface area contributed by atoms with Crippen LogP contribution in [0.2, 0.25) is 0 Å². The molecule has 86 valence electrons. The molecule has 0 atom stereocenters. The number of ether oxygens (including phenoxy) is 1. The third kappa shape index (κ3) is 2.33. The fourth-order valence-electron chi connectivity index (χ4n) is 1.46. The molecule has 1 heterocycles. The SMILES string of the molecule is COc1ccc(Br)cc1-c1nc(C)c(C#N)s1. The smallest absolute Gasteiger partial charge is 0.129 e. The van der Waals surface area contributed by atoms with Gasteiger partial charge < -0.3 is 4.74 Å². The number of nitriles is 1. The van der Waals surface area contributed by atoms with E-state index in [4.69, 9.17) is 10.00 Å². The Kier molecular flexibility index (Phi) is 3.46. The number of aromatic nitrogens is 1. The maximum absolute atomic E-state index is 8.94. The lowest BCUT2D eigenvalue weighted by Crippen LogP contribution is -1.87. The van der Waals surface area contributed by atoms with Crippen LogP contribution < -0.4 is 4.74 Å². The molecule has 0 N–H and O–H groups in total. The van der Waals surface area contributed by atoms with Crippen molar-refractivity contribution in [2.45, 2.75) is 6.92 Å². The van der Waals surface area contributed by atoms with Gasteiger partial charge in [0.1, 0.15) is 21.7 Å². The first-order valence-corrected chi connectivity index (χ1v) is 6.48. The molecule has 1 aromatic carbocycles. The Morgan fingerprint density at radius 1 is 1.47 bits per heavy atom. The van der Waals surface area contributed by atoms with Crippen LogP contribution in [0.3, 0.4) is 0 Å². The Labute approximate surface area is 112 Å². The molecule has 0 saturated carbocycles. The summed E-state index contributed by atoms with van der Waals surface area (Å²) in [6.07, 6.45) is 0. The van der Waals surface area contributed by atoms with Gasteiger partial charge in [-0.15, -0.1) is 11.3 Å². The zero-order valence-electron chi connectivity index (χ0n) is 9.32. The van der Waals surface area contributed by atoms with E-state index in [1.54, 1.807) is 7.11 Å². The van der Waals surface area contributed by atoms with E-state index in [1.807, 2.05) is 25.1 Å². The largest absolute Gasteiger partial charge is 0.496 e. The summed E-state index contributed by atoms with van der Waals surface area (Å²) in [4.78, 5) is 5.04. The standard InChI is InChI=1S/C12H9BrN2OS/c1-7-11(6-14)17-12(15-7)9-5-8(13)3-4-10(9)16-2/h3-5H,1-2H3. The number of nitrogens with zero attached hydrogens (tertiary/aromatic N) is 2. The second-order valence-corrected chi connectivity index (χ2v) is 5.30. The lowest BCUT2D eigenvalue weighted by Gasteiger charge is -2.05. The predicted octanol–water partition coefficient (Wildman–Crippen LogP) is 3.76. The monoisotopic (exact) mass is 308 g/mol. The van der Waals surface area contributed by atoms with Crippen molar-refractivity contribution in [3.05, 3.63) is 33.2 Å².